The van der Waals surface area contributed by atoms with E-state index in [2.05, 4.69) is 4.98 Å². The van der Waals surface area contributed by atoms with Gasteiger partial charge in [0.05, 0.1) is 5.56 Å². The Balaban J connectivity index is 2.13. The number of rotatable bonds is 3. The van der Waals surface area contributed by atoms with Crippen molar-refractivity contribution in [2.75, 3.05) is 5.73 Å². The van der Waals surface area contributed by atoms with Gasteiger partial charge in [-0.25, -0.2) is 9.78 Å². The predicted octanol–water partition coefficient (Wildman–Crippen LogP) is 2.20. The maximum absolute atomic E-state index is 12.0. The number of anilines is 1. The van der Waals surface area contributed by atoms with Gasteiger partial charge in [-0.3, -0.25) is 0 Å². The Kier molecular flexibility index (Phi) is 3.96. The Hall–Kier alpha value is -2.87. The Morgan fingerprint density at radius 1 is 1.40 bits per heavy atom. The number of pyridine rings is 1. The molecule has 0 unspecified atom stereocenters. The summed E-state index contributed by atoms with van der Waals surface area (Å²) in [6.07, 6.45) is 1.52. The molecule has 0 saturated heterocycles. The molecule has 2 N–H and O–H groups in total. The van der Waals surface area contributed by atoms with Gasteiger partial charge in [0.25, 0.3) is 0 Å². The number of esters is 1. The van der Waals surface area contributed by atoms with Crippen LogP contribution in [0.1, 0.15) is 27.2 Å². The van der Waals surface area contributed by atoms with E-state index in [4.69, 9.17) is 15.7 Å². The van der Waals surface area contributed by atoms with Gasteiger partial charge in [-0.1, -0.05) is 12.1 Å². The van der Waals surface area contributed by atoms with E-state index in [0.717, 1.165) is 0 Å². The summed E-state index contributed by atoms with van der Waals surface area (Å²) >= 11 is 0. The van der Waals surface area contributed by atoms with Crippen molar-refractivity contribution in [2.45, 2.75) is 13.5 Å². The average molecular weight is 267 g/mol. The fourth-order valence-electron chi connectivity index (χ4n) is 1.75. The summed E-state index contributed by atoms with van der Waals surface area (Å²) in [6.45, 7) is 1.76. The Bertz CT molecular complexity index is 690. The van der Waals surface area contributed by atoms with E-state index >= 15 is 0 Å². The topological polar surface area (TPSA) is 89.0 Å². The maximum Gasteiger partial charge on any atom is 0.338 e. The van der Waals surface area contributed by atoms with Gasteiger partial charge in [0.15, 0.2) is 0 Å². The van der Waals surface area contributed by atoms with Crippen LogP contribution in [0.15, 0.2) is 36.5 Å². The lowest BCUT2D eigenvalue weighted by molar-refractivity contribution is 0.0471. The largest absolute Gasteiger partial charge is 0.457 e. The molecule has 1 heterocycles. The molecule has 0 aliphatic carbocycles. The molecule has 2 rings (SSSR count). The molecular formula is C15H13N3O2. The molecule has 0 atom stereocenters. The van der Waals surface area contributed by atoms with Crippen LogP contribution < -0.4 is 5.73 Å². The number of nitrogen functional groups attached to an aromatic ring is 1. The van der Waals surface area contributed by atoms with Crippen LogP contribution >= 0.6 is 0 Å². The van der Waals surface area contributed by atoms with E-state index in [1.54, 1.807) is 37.3 Å². The number of aromatic nitrogens is 1. The van der Waals surface area contributed by atoms with E-state index in [-0.39, 0.29) is 12.3 Å². The summed E-state index contributed by atoms with van der Waals surface area (Å²) in [5.41, 5.74) is 8.23. The SMILES string of the molecule is Cc1c(N)cccc1C(=O)OCc1cccnc1C#N. The van der Waals surface area contributed by atoms with Crippen LogP contribution in [0.25, 0.3) is 0 Å². The van der Waals surface area contributed by atoms with E-state index in [1.807, 2.05) is 6.07 Å². The fourth-order valence-corrected chi connectivity index (χ4v) is 1.75. The highest BCUT2D eigenvalue weighted by molar-refractivity contribution is 5.92. The molecule has 0 aliphatic rings. The van der Waals surface area contributed by atoms with Crippen molar-refractivity contribution < 1.29 is 9.53 Å². The molecule has 100 valence electrons. The molecule has 2 aromatic rings. The number of ether oxygens (including phenoxy) is 1. The number of carbonyl (C=O) groups is 1. The second kappa shape index (κ2) is 5.85. The van der Waals surface area contributed by atoms with Crippen LogP contribution in [0.4, 0.5) is 5.69 Å². The number of nitrogens with zero attached hydrogens (tertiary/aromatic N) is 2. The first-order valence-corrected chi connectivity index (χ1v) is 5.99. The zero-order chi connectivity index (χ0) is 14.5. The summed E-state index contributed by atoms with van der Waals surface area (Å²) in [5, 5.41) is 8.91. The van der Waals surface area contributed by atoms with Crippen molar-refractivity contribution >= 4 is 11.7 Å². The molecule has 5 nitrogen and oxygen atoms in total. The first-order chi connectivity index (χ1) is 9.63. The van der Waals surface area contributed by atoms with Gasteiger partial charge in [-0.05, 0) is 30.7 Å². The van der Waals surface area contributed by atoms with Crippen molar-refractivity contribution in [2.24, 2.45) is 0 Å². The Morgan fingerprint density at radius 2 is 2.20 bits per heavy atom. The molecule has 0 spiro atoms. The van der Waals surface area contributed by atoms with Gasteiger partial charge >= 0.3 is 5.97 Å². The standard InChI is InChI=1S/C15H13N3O2/c1-10-12(5-2-6-13(10)17)15(19)20-9-11-4-3-7-18-14(11)8-16/h2-7H,9,17H2,1H3. The monoisotopic (exact) mass is 267 g/mol. The van der Waals surface area contributed by atoms with E-state index in [0.29, 0.717) is 22.4 Å². The van der Waals surface area contributed by atoms with E-state index in [1.165, 1.54) is 6.20 Å². The zero-order valence-corrected chi connectivity index (χ0v) is 11.0. The molecule has 5 heteroatoms. The molecule has 0 radical (unpaired) electrons. The van der Waals surface area contributed by atoms with Gasteiger partial charge in [0.1, 0.15) is 18.4 Å². The highest BCUT2D eigenvalue weighted by Crippen LogP contribution is 2.17. The number of hydrogen-bond acceptors (Lipinski definition) is 5. The van der Waals surface area contributed by atoms with Crippen LogP contribution in [0.2, 0.25) is 0 Å². The molecule has 0 aliphatic heterocycles. The summed E-state index contributed by atoms with van der Waals surface area (Å²) in [4.78, 5) is 15.9. The summed E-state index contributed by atoms with van der Waals surface area (Å²) in [6, 6.07) is 10.4. The highest BCUT2D eigenvalue weighted by Gasteiger charge is 2.13. The van der Waals surface area contributed by atoms with Crippen LogP contribution in [-0.4, -0.2) is 11.0 Å². The summed E-state index contributed by atoms with van der Waals surface area (Å²) in [5.74, 6) is -0.470. The van der Waals surface area contributed by atoms with Crippen molar-refractivity contribution in [1.82, 2.24) is 4.98 Å². The molecule has 1 aromatic heterocycles. The third-order valence-electron chi connectivity index (χ3n) is 2.95. The van der Waals surface area contributed by atoms with Crippen LogP contribution in [-0.2, 0) is 11.3 Å². The quantitative estimate of drug-likeness (QED) is 0.680. The minimum Gasteiger partial charge on any atom is -0.457 e. The molecule has 20 heavy (non-hydrogen) atoms. The highest BCUT2D eigenvalue weighted by atomic mass is 16.5. The molecular weight excluding hydrogens is 254 g/mol. The minimum atomic E-state index is -0.470. The molecule has 0 fully saturated rings. The Morgan fingerprint density at radius 3 is 2.95 bits per heavy atom. The van der Waals surface area contributed by atoms with E-state index < -0.39 is 5.97 Å². The van der Waals surface area contributed by atoms with Crippen LogP contribution in [0.3, 0.4) is 0 Å². The maximum atomic E-state index is 12.0. The van der Waals surface area contributed by atoms with Gasteiger partial charge in [-0.2, -0.15) is 5.26 Å². The summed E-state index contributed by atoms with van der Waals surface area (Å²) < 4.78 is 5.21. The number of nitrogens with two attached hydrogens (primary N) is 1. The number of benzene rings is 1. The Labute approximate surface area is 116 Å². The second-order valence-corrected chi connectivity index (χ2v) is 4.22. The normalized spacial score (nSPS) is 9.80. The molecule has 0 saturated carbocycles. The number of hydrogen-bond donors (Lipinski definition) is 1. The zero-order valence-electron chi connectivity index (χ0n) is 11.0. The van der Waals surface area contributed by atoms with Gasteiger partial charge in [0.2, 0.25) is 0 Å². The van der Waals surface area contributed by atoms with Crippen LogP contribution in [0.5, 0.6) is 0 Å². The number of carbonyl (C=O) groups excluding carboxylic acids is 1. The van der Waals surface area contributed by atoms with Crippen molar-refractivity contribution in [3.63, 3.8) is 0 Å². The van der Waals surface area contributed by atoms with Crippen molar-refractivity contribution in [3.05, 3.63) is 58.9 Å². The third-order valence-corrected chi connectivity index (χ3v) is 2.95. The second-order valence-electron chi connectivity index (χ2n) is 4.22. The lowest BCUT2D eigenvalue weighted by Crippen LogP contribution is -2.09. The van der Waals surface area contributed by atoms with E-state index in [9.17, 15) is 4.79 Å². The van der Waals surface area contributed by atoms with Gasteiger partial charge in [0, 0.05) is 17.4 Å². The van der Waals surface area contributed by atoms with Gasteiger partial charge in [-0.15, -0.1) is 0 Å². The van der Waals surface area contributed by atoms with Crippen molar-refractivity contribution in [3.8, 4) is 6.07 Å². The minimum absolute atomic E-state index is 0.00378. The molecule has 0 bridgehead atoms. The first kappa shape index (κ1) is 13.6. The smallest absolute Gasteiger partial charge is 0.338 e. The van der Waals surface area contributed by atoms with Crippen LogP contribution in [0, 0.1) is 18.3 Å². The molecule has 0 amide bonds. The summed E-state index contributed by atoms with van der Waals surface area (Å²) in [7, 11) is 0. The predicted molar refractivity (Wildman–Crippen MR) is 73.7 cm³/mol. The molecule has 1 aromatic carbocycles. The average Bonchev–Trinajstić information content (AvgIpc) is 2.48. The lowest BCUT2D eigenvalue weighted by Gasteiger charge is -2.09. The van der Waals surface area contributed by atoms with Gasteiger partial charge < -0.3 is 10.5 Å². The van der Waals surface area contributed by atoms with Crippen molar-refractivity contribution in [1.29, 1.82) is 5.26 Å². The first-order valence-electron chi connectivity index (χ1n) is 5.99. The fraction of sp³-hybridized carbons (Fsp3) is 0.133. The number of nitriles is 1. The lowest BCUT2D eigenvalue weighted by atomic mass is 10.1. The third kappa shape index (κ3) is 2.75.